The molecule has 0 bridgehead atoms. The molecule has 0 radical (unpaired) electrons. The van der Waals surface area contributed by atoms with E-state index in [0.29, 0.717) is 13.1 Å². The highest BCUT2D eigenvalue weighted by Gasteiger charge is 1.98. The average molecular weight is 182 g/mol. The molecule has 0 spiro atoms. The SMILES string of the molecule is C[C@@H](CN)NCc1cccc(F)c1. The molecule has 0 aliphatic heterocycles. The van der Waals surface area contributed by atoms with Crippen molar-refractivity contribution in [2.24, 2.45) is 5.73 Å². The zero-order valence-electron chi connectivity index (χ0n) is 7.76. The van der Waals surface area contributed by atoms with E-state index in [-0.39, 0.29) is 11.9 Å². The van der Waals surface area contributed by atoms with Crippen LogP contribution >= 0.6 is 0 Å². The largest absolute Gasteiger partial charge is 0.329 e. The minimum absolute atomic E-state index is 0.195. The summed E-state index contributed by atoms with van der Waals surface area (Å²) >= 11 is 0. The van der Waals surface area contributed by atoms with Gasteiger partial charge in [0.05, 0.1) is 0 Å². The minimum Gasteiger partial charge on any atom is -0.329 e. The van der Waals surface area contributed by atoms with Crippen LogP contribution in [0.2, 0.25) is 0 Å². The molecule has 0 fully saturated rings. The third-order valence-corrected chi connectivity index (χ3v) is 1.90. The Hall–Kier alpha value is -0.930. The first-order chi connectivity index (χ1) is 6.22. The molecular weight excluding hydrogens is 167 g/mol. The van der Waals surface area contributed by atoms with Gasteiger partial charge in [0.15, 0.2) is 0 Å². The standard InChI is InChI=1S/C10H15FN2/c1-8(6-12)13-7-9-3-2-4-10(11)5-9/h2-5,8,13H,6-7,12H2,1H3/t8-/m0/s1. The first kappa shape index (κ1) is 10.2. The smallest absolute Gasteiger partial charge is 0.123 e. The Labute approximate surface area is 77.9 Å². The number of hydrogen-bond donors (Lipinski definition) is 2. The van der Waals surface area contributed by atoms with Gasteiger partial charge in [0.2, 0.25) is 0 Å². The molecule has 0 amide bonds. The maximum absolute atomic E-state index is 12.7. The van der Waals surface area contributed by atoms with Crippen LogP contribution in [-0.4, -0.2) is 12.6 Å². The molecular formula is C10H15FN2. The van der Waals surface area contributed by atoms with Gasteiger partial charge < -0.3 is 11.1 Å². The van der Waals surface area contributed by atoms with Crippen molar-refractivity contribution in [3.63, 3.8) is 0 Å². The molecule has 0 aliphatic rings. The Kier molecular flexibility index (Phi) is 3.86. The summed E-state index contributed by atoms with van der Waals surface area (Å²) in [4.78, 5) is 0. The van der Waals surface area contributed by atoms with Crippen LogP contribution in [0.3, 0.4) is 0 Å². The first-order valence-electron chi connectivity index (χ1n) is 4.40. The Morgan fingerprint density at radius 3 is 2.92 bits per heavy atom. The Balaban J connectivity index is 2.45. The Bertz CT molecular complexity index is 263. The predicted octanol–water partition coefficient (Wildman–Crippen LogP) is 1.26. The highest BCUT2D eigenvalue weighted by molar-refractivity contribution is 5.15. The Morgan fingerprint density at radius 1 is 1.54 bits per heavy atom. The van der Waals surface area contributed by atoms with Crippen molar-refractivity contribution >= 4 is 0 Å². The van der Waals surface area contributed by atoms with Crippen molar-refractivity contribution in [3.05, 3.63) is 35.6 Å². The van der Waals surface area contributed by atoms with E-state index >= 15 is 0 Å². The van der Waals surface area contributed by atoms with Crippen LogP contribution in [0.15, 0.2) is 24.3 Å². The van der Waals surface area contributed by atoms with Crippen molar-refractivity contribution in [1.29, 1.82) is 0 Å². The monoisotopic (exact) mass is 182 g/mol. The van der Waals surface area contributed by atoms with E-state index in [0.717, 1.165) is 5.56 Å². The van der Waals surface area contributed by atoms with Crippen molar-refractivity contribution in [2.45, 2.75) is 19.5 Å². The molecule has 0 saturated carbocycles. The fourth-order valence-electron chi connectivity index (χ4n) is 1.02. The topological polar surface area (TPSA) is 38.0 Å². The molecule has 0 heterocycles. The van der Waals surface area contributed by atoms with E-state index in [1.807, 2.05) is 13.0 Å². The average Bonchev–Trinajstić information content (AvgIpc) is 2.14. The lowest BCUT2D eigenvalue weighted by molar-refractivity contribution is 0.553. The van der Waals surface area contributed by atoms with Gasteiger partial charge in [-0.25, -0.2) is 4.39 Å². The van der Waals surface area contributed by atoms with E-state index in [2.05, 4.69) is 5.32 Å². The van der Waals surface area contributed by atoms with Gasteiger partial charge in [0, 0.05) is 19.1 Å². The molecule has 0 aromatic heterocycles. The van der Waals surface area contributed by atoms with E-state index in [1.165, 1.54) is 12.1 Å². The summed E-state index contributed by atoms with van der Waals surface area (Å²) in [6.07, 6.45) is 0. The van der Waals surface area contributed by atoms with Gasteiger partial charge >= 0.3 is 0 Å². The van der Waals surface area contributed by atoms with Gasteiger partial charge in [-0.2, -0.15) is 0 Å². The maximum Gasteiger partial charge on any atom is 0.123 e. The lowest BCUT2D eigenvalue weighted by atomic mass is 10.2. The molecule has 2 nitrogen and oxygen atoms in total. The number of benzene rings is 1. The second kappa shape index (κ2) is 4.94. The highest BCUT2D eigenvalue weighted by atomic mass is 19.1. The summed E-state index contributed by atoms with van der Waals surface area (Å²) in [5.74, 6) is -0.195. The quantitative estimate of drug-likeness (QED) is 0.735. The third kappa shape index (κ3) is 3.53. The van der Waals surface area contributed by atoms with Crippen LogP contribution in [0.4, 0.5) is 4.39 Å². The van der Waals surface area contributed by atoms with Crippen LogP contribution in [0.1, 0.15) is 12.5 Å². The van der Waals surface area contributed by atoms with E-state index < -0.39 is 0 Å². The van der Waals surface area contributed by atoms with Crippen LogP contribution in [0, 0.1) is 5.82 Å². The first-order valence-corrected chi connectivity index (χ1v) is 4.40. The van der Waals surface area contributed by atoms with Gasteiger partial charge in [-0.3, -0.25) is 0 Å². The van der Waals surface area contributed by atoms with Crippen LogP contribution in [0.5, 0.6) is 0 Å². The number of halogens is 1. The lowest BCUT2D eigenvalue weighted by Gasteiger charge is -2.10. The zero-order chi connectivity index (χ0) is 9.68. The summed E-state index contributed by atoms with van der Waals surface area (Å²) in [7, 11) is 0. The van der Waals surface area contributed by atoms with Crippen molar-refractivity contribution in [2.75, 3.05) is 6.54 Å². The van der Waals surface area contributed by atoms with Crippen LogP contribution < -0.4 is 11.1 Å². The second-order valence-electron chi connectivity index (χ2n) is 3.15. The van der Waals surface area contributed by atoms with Crippen molar-refractivity contribution in [3.8, 4) is 0 Å². The molecule has 1 aromatic carbocycles. The number of nitrogens with one attached hydrogen (secondary N) is 1. The molecule has 13 heavy (non-hydrogen) atoms. The number of rotatable bonds is 4. The zero-order valence-corrected chi connectivity index (χ0v) is 7.76. The summed E-state index contributed by atoms with van der Waals surface area (Å²) < 4.78 is 12.7. The molecule has 3 heteroatoms. The fraction of sp³-hybridized carbons (Fsp3) is 0.400. The van der Waals surface area contributed by atoms with Crippen LogP contribution in [0.25, 0.3) is 0 Å². The van der Waals surface area contributed by atoms with Crippen molar-refractivity contribution in [1.82, 2.24) is 5.32 Å². The van der Waals surface area contributed by atoms with E-state index in [9.17, 15) is 4.39 Å². The number of hydrogen-bond acceptors (Lipinski definition) is 2. The normalized spacial score (nSPS) is 12.8. The molecule has 0 saturated heterocycles. The third-order valence-electron chi connectivity index (χ3n) is 1.90. The predicted molar refractivity (Wildman–Crippen MR) is 51.8 cm³/mol. The molecule has 3 N–H and O–H groups in total. The van der Waals surface area contributed by atoms with Gasteiger partial charge in [-0.05, 0) is 24.6 Å². The minimum atomic E-state index is -0.195. The molecule has 1 aromatic rings. The molecule has 1 rings (SSSR count). The summed E-state index contributed by atoms with van der Waals surface area (Å²) in [5.41, 5.74) is 6.37. The highest BCUT2D eigenvalue weighted by Crippen LogP contribution is 2.02. The maximum atomic E-state index is 12.7. The molecule has 0 unspecified atom stereocenters. The number of nitrogens with two attached hydrogens (primary N) is 1. The summed E-state index contributed by atoms with van der Waals surface area (Å²) in [6.45, 7) is 3.25. The van der Waals surface area contributed by atoms with Gasteiger partial charge in [-0.15, -0.1) is 0 Å². The fourth-order valence-corrected chi connectivity index (χ4v) is 1.02. The molecule has 0 aliphatic carbocycles. The van der Waals surface area contributed by atoms with Gasteiger partial charge in [0.25, 0.3) is 0 Å². The summed E-state index contributed by atoms with van der Waals surface area (Å²) in [5, 5.41) is 3.18. The lowest BCUT2D eigenvalue weighted by Crippen LogP contribution is -2.32. The van der Waals surface area contributed by atoms with E-state index in [1.54, 1.807) is 6.07 Å². The van der Waals surface area contributed by atoms with Gasteiger partial charge in [-0.1, -0.05) is 12.1 Å². The van der Waals surface area contributed by atoms with Crippen molar-refractivity contribution < 1.29 is 4.39 Å². The Morgan fingerprint density at radius 2 is 2.31 bits per heavy atom. The van der Waals surface area contributed by atoms with Gasteiger partial charge in [0.1, 0.15) is 5.82 Å². The summed E-state index contributed by atoms with van der Waals surface area (Å²) in [6, 6.07) is 6.83. The molecule has 72 valence electrons. The second-order valence-corrected chi connectivity index (χ2v) is 3.15. The molecule has 1 atom stereocenters. The van der Waals surface area contributed by atoms with E-state index in [4.69, 9.17) is 5.73 Å². The van der Waals surface area contributed by atoms with Crippen LogP contribution in [-0.2, 0) is 6.54 Å².